The van der Waals surface area contributed by atoms with E-state index < -0.39 is 0 Å². The maximum Gasteiger partial charge on any atom is 0.124 e. The second-order valence-electron chi connectivity index (χ2n) is 6.40. The molecule has 1 aromatic carbocycles. The molecule has 22 heavy (non-hydrogen) atoms. The Balaban J connectivity index is 0.00000144. The van der Waals surface area contributed by atoms with Crippen LogP contribution in [-0.2, 0) is 6.54 Å². The van der Waals surface area contributed by atoms with E-state index >= 15 is 0 Å². The van der Waals surface area contributed by atoms with Crippen LogP contribution in [0.5, 0.6) is 0 Å². The number of nitrogens with zero attached hydrogens (tertiary/aromatic N) is 2. The topological polar surface area (TPSA) is 28.2 Å². The van der Waals surface area contributed by atoms with E-state index in [4.69, 9.17) is 0 Å². The van der Waals surface area contributed by atoms with Gasteiger partial charge in [-0.2, -0.15) is 0 Å². The molecule has 2 aromatic rings. The fourth-order valence-electron chi connectivity index (χ4n) is 3.74. The lowest BCUT2D eigenvalue weighted by molar-refractivity contribution is 0.166. The number of rotatable bonds is 3. The zero-order chi connectivity index (χ0) is 14.4. The molecule has 2 aliphatic heterocycles. The Labute approximate surface area is 140 Å². The molecular weight excluding hydrogens is 321 g/mol. The molecule has 1 N–H and O–H groups in total. The van der Waals surface area contributed by atoms with Crippen molar-refractivity contribution in [3.05, 3.63) is 29.0 Å². The molecule has 0 aliphatic carbocycles. The first-order valence-electron chi connectivity index (χ1n) is 7.68. The minimum absolute atomic E-state index is 0. The highest BCUT2D eigenvalue weighted by molar-refractivity contribution is 7.18. The first-order valence-corrected chi connectivity index (χ1v) is 8.50. The zero-order valence-electron chi connectivity index (χ0n) is 12.6. The molecule has 0 saturated carbocycles. The van der Waals surface area contributed by atoms with Crippen molar-refractivity contribution in [1.29, 1.82) is 0 Å². The quantitative estimate of drug-likeness (QED) is 0.925. The monoisotopic (exact) mass is 341 g/mol. The number of nitrogens with one attached hydrogen (secondary N) is 1. The Morgan fingerprint density at radius 3 is 2.77 bits per heavy atom. The van der Waals surface area contributed by atoms with Gasteiger partial charge in [0, 0.05) is 18.1 Å². The maximum atomic E-state index is 13.3. The molecule has 2 bridgehead atoms. The van der Waals surface area contributed by atoms with Gasteiger partial charge >= 0.3 is 0 Å². The van der Waals surface area contributed by atoms with Crippen LogP contribution >= 0.6 is 23.7 Å². The number of fused-ring (bicyclic) bond motifs is 3. The molecule has 2 aliphatic rings. The Morgan fingerprint density at radius 2 is 2.05 bits per heavy atom. The Kier molecular flexibility index (Phi) is 4.69. The van der Waals surface area contributed by atoms with Crippen molar-refractivity contribution in [1.82, 2.24) is 15.2 Å². The van der Waals surface area contributed by atoms with Crippen molar-refractivity contribution in [3.63, 3.8) is 0 Å². The van der Waals surface area contributed by atoms with E-state index in [1.165, 1.54) is 31.7 Å². The summed E-state index contributed by atoms with van der Waals surface area (Å²) in [5.74, 6) is -0.180. The molecule has 0 amide bonds. The molecule has 1 aromatic heterocycles. The summed E-state index contributed by atoms with van der Waals surface area (Å²) < 4.78 is 14.2. The lowest BCUT2D eigenvalue weighted by Gasteiger charge is -2.35. The highest BCUT2D eigenvalue weighted by Gasteiger charge is 2.35. The van der Waals surface area contributed by atoms with Gasteiger partial charge in [-0.25, -0.2) is 9.37 Å². The van der Waals surface area contributed by atoms with Crippen LogP contribution in [0.4, 0.5) is 4.39 Å². The number of benzene rings is 1. The Morgan fingerprint density at radius 1 is 1.32 bits per heavy atom. The summed E-state index contributed by atoms with van der Waals surface area (Å²) in [4.78, 5) is 7.07. The van der Waals surface area contributed by atoms with Crippen molar-refractivity contribution in [2.45, 2.75) is 50.4 Å². The smallest absolute Gasteiger partial charge is 0.124 e. The van der Waals surface area contributed by atoms with E-state index in [1.54, 1.807) is 23.5 Å². The van der Waals surface area contributed by atoms with Crippen molar-refractivity contribution in [2.75, 3.05) is 7.05 Å². The molecule has 6 heteroatoms. The van der Waals surface area contributed by atoms with Crippen LogP contribution in [0, 0.1) is 5.82 Å². The second-order valence-corrected chi connectivity index (χ2v) is 7.51. The normalized spacial score (nSPS) is 27.3. The summed E-state index contributed by atoms with van der Waals surface area (Å²) in [6.45, 7) is 0.866. The Hall–Kier alpha value is -0.750. The van der Waals surface area contributed by atoms with Crippen molar-refractivity contribution in [3.8, 4) is 0 Å². The largest absolute Gasteiger partial charge is 0.311 e. The lowest BCUT2D eigenvalue weighted by atomic mass is 9.99. The van der Waals surface area contributed by atoms with E-state index in [2.05, 4.69) is 22.2 Å². The van der Waals surface area contributed by atoms with Crippen LogP contribution in [0.25, 0.3) is 10.2 Å². The average molecular weight is 342 g/mol. The maximum absolute atomic E-state index is 13.3. The molecule has 2 unspecified atom stereocenters. The molecule has 3 nitrogen and oxygen atoms in total. The highest BCUT2D eigenvalue weighted by atomic mass is 35.5. The van der Waals surface area contributed by atoms with Crippen LogP contribution in [-0.4, -0.2) is 35.1 Å². The summed E-state index contributed by atoms with van der Waals surface area (Å²) in [6.07, 6.45) is 5.14. The number of thiazole rings is 1. The van der Waals surface area contributed by atoms with Crippen LogP contribution in [0.2, 0.25) is 0 Å². The second kappa shape index (κ2) is 6.40. The molecule has 0 radical (unpaired) electrons. The first-order chi connectivity index (χ1) is 10.2. The van der Waals surface area contributed by atoms with Gasteiger partial charge in [-0.15, -0.1) is 23.7 Å². The molecule has 2 atom stereocenters. The van der Waals surface area contributed by atoms with Gasteiger partial charge in [0.1, 0.15) is 10.8 Å². The molecule has 4 rings (SSSR count). The molecule has 3 heterocycles. The van der Waals surface area contributed by atoms with Gasteiger partial charge in [-0.1, -0.05) is 0 Å². The van der Waals surface area contributed by atoms with Gasteiger partial charge in [0.15, 0.2) is 0 Å². The Bertz CT molecular complexity index is 650. The zero-order valence-corrected chi connectivity index (χ0v) is 14.2. The number of piperidine rings is 1. The van der Waals surface area contributed by atoms with E-state index in [0.29, 0.717) is 18.1 Å². The van der Waals surface area contributed by atoms with Gasteiger partial charge in [0.2, 0.25) is 0 Å². The number of aromatic nitrogens is 1. The minimum Gasteiger partial charge on any atom is -0.311 e. The highest BCUT2D eigenvalue weighted by Crippen LogP contribution is 2.31. The minimum atomic E-state index is -0.180. The summed E-state index contributed by atoms with van der Waals surface area (Å²) in [7, 11) is 2.20. The third kappa shape index (κ3) is 3.13. The fourth-order valence-corrected chi connectivity index (χ4v) is 4.80. The van der Waals surface area contributed by atoms with Crippen molar-refractivity contribution in [2.24, 2.45) is 0 Å². The molecule has 120 valence electrons. The summed E-state index contributed by atoms with van der Waals surface area (Å²) >= 11 is 1.61. The SMILES string of the molecule is CN(Cc1nc2ccc(F)cc2s1)C1CC2CCC(C1)N2.Cl. The van der Waals surface area contributed by atoms with Crippen LogP contribution in [0.1, 0.15) is 30.7 Å². The number of halogens is 2. The summed E-state index contributed by atoms with van der Waals surface area (Å²) in [5.41, 5.74) is 0.912. The van der Waals surface area contributed by atoms with Gasteiger partial charge in [-0.3, -0.25) is 4.90 Å². The van der Waals surface area contributed by atoms with Gasteiger partial charge in [-0.05, 0) is 50.9 Å². The summed E-state index contributed by atoms with van der Waals surface area (Å²) in [5, 5.41) is 4.77. The van der Waals surface area contributed by atoms with E-state index in [1.807, 2.05) is 0 Å². The number of hydrogen-bond donors (Lipinski definition) is 1. The average Bonchev–Trinajstić information content (AvgIpc) is 3.00. The molecule has 2 saturated heterocycles. The molecule has 2 fully saturated rings. The standard InChI is InChI=1S/C16H20FN3S.ClH/c1-20(13-7-11-3-4-12(8-13)18-11)9-16-19-14-5-2-10(17)6-15(14)21-16;/h2,5-6,11-13,18H,3-4,7-9H2,1H3;1H. The van der Waals surface area contributed by atoms with Crippen molar-refractivity contribution < 1.29 is 4.39 Å². The van der Waals surface area contributed by atoms with E-state index in [-0.39, 0.29) is 18.2 Å². The third-order valence-corrected chi connectivity index (χ3v) is 5.85. The molecular formula is C16H21ClFN3S. The van der Waals surface area contributed by atoms with E-state index in [0.717, 1.165) is 21.8 Å². The van der Waals surface area contributed by atoms with Gasteiger partial charge < -0.3 is 5.32 Å². The third-order valence-electron chi connectivity index (χ3n) is 4.85. The van der Waals surface area contributed by atoms with Gasteiger partial charge in [0.05, 0.1) is 16.8 Å². The van der Waals surface area contributed by atoms with Crippen molar-refractivity contribution >= 4 is 34.0 Å². The lowest BCUT2D eigenvalue weighted by Crippen LogP contribution is -2.46. The number of hydrogen-bond acceptors (Lipinski definition) is 4. The van der Waals surface area contributed by atoms with Gasteiger partial charge in [0.25, 0.3) is 0 Å². The molecule has 0 spiro atoms. The first kappa shape index (κ1) is 16.1. The van der Waals surface area contributed by atoms with Crippen LogP contribution < -0.4 is 5.32 Å². The van der Waals surface area contributed by atoms with Crippen LogP contribution in [0.3, 0.4) is 0 Å². The predicted octanol–water partition coefficient (Wildman–Crippen LogP) is 3.57. The van der Waals surface area contributed by atoms with E-state index in [9.17, 15) is 4.39 Å². The van der Waals surface area contributed by atoms with Crippen LogP contribution in [0.15, 0.2) is 18.2 Å². The fraction of sp³-hybridized carbons (Fsp3) is 0.562. The predicted molar refractivity (Wildman–Crippen MR) is 91.3 cm³/mol. The summed E-state index contributed by atoms with van der Waals surface area (Å²) in [6, 6.07) is 6.91.